The Labute approximate surface area is 143 Å². The topological polar surface area (TPSA) is 92.4 Å². The van der Waals surface area contributed by atoms with Crippen LogP contribution < -0.4 is 0 Å². The summed E-state index contributed by atoms with van der Waals surface area (Å²) in [5.41, 5.74) is -0.0311. The van der Waals surface area contributed by atoms with Gasteiger partial charge in [0.15, 0.2) is 11.6 Å². The summed E-state index contributed by atoms with van der Waals surface area (Å²) >= 11 is 0. The van der Waals surface area contributed by atoms with Gasteiger partial charge in [0.05, 0.1) is 11.8 Å². The van der Waals surface area contributed by atoms with Crippen molar-refractivity contribution >= 4 is 11.8 Å². The molecule has 0 spiro atoms. The average molecular weight is 347 g/mol. The van der Waals surface area contributed by atoms with Gasteiger partial charge in [-0.1, -0.05) is 5.16 Å². The molecule has 25 heavy (non-hydrogen) atoms. The minimum absolute atomic E-state index is 0.0311. The van der Waals surface area contributed by atoms with Crippen molar-refractivity contribution in [1.82, 2.24) is 24.9 Å². The molecule has 9 heteroatoms. The van der Waals surface area contributed by atoms with Gasteiger partial charge in [-0.25, -0.2) is 4.39 Å². The van der Waals surface area contributed by atoms with Crippen LogP contribution in [-0.4, -0.2) is 56.4 Å². The highest BCUT2D eigenvalue weighted by Gasteiger charge is 2.33. The molecule has 1 saturated heterocycles. The molecule has 1 unspecified atom stereocenters. The highest BCUT2D eigenvalue weighted by Crippen LogP contribution is 2.26. The zero-order valence-corrected chi connectivity index (χ0v) is 14.0. The fourth-order valence-corrected chi connectivity index (χ4v) is 2.93. The van der Waals surface area contributed by atoms with Crippen LogP contribution in [0.25, 0.3) is 0 Å². The lowest BCUT2D eigenvalue weighted by atomic mass is 10.1. The molecule has 0 N–H and O–H groups in total. The van der Waals surface area contributed by atoms with Crippen molar-refractivity contribution in [3.8, 4) is 0 Å². The smallest absolute Gasteiger partial charge is 0.257 e. The number of pyridine rings is 1. The number of aromatic nitrogens is 3. The predicted octanol–water partition coefficient (Wildman–Crippen LogP) is 1.35. The fraction of sp³-hybridized carbons (Fsp3) is 0.438. The third-order valence-electron chi connectivity index (χ3n) is 4.18. The van der Waals surface area contributed by atoms with Gasteiger partial charge in [-0.05, 0) is 19.4 Å². The Kier molecular flexibility index (Phi) is 4.73. The van der Waals surface area contributed by atoms with Crippen LogP contribution in [0.15, 0.2) is 23.0 Å². The van der Waals surface area contributed by atoms with Gasteiger partial charge in [-0.3, -0.25) is 14.6 Å². The Balaban J connectivity index is 1.82. The zero-order chi connectivity index (χ0) is 18.0. The third-order valence-corrected chi connectivity index (χ3v) is 4.18. The zero-order valence-electron chi connectivity index (χ0n) is 14.0. The Hall–Kier alpha value is -2.84. The highest BCUT2D eigenvalue weighted by molar-refractivity contribution is 5.94. The SMILES string of the molecule is CC(=O)N1CCN(C(=O)c2ccncc2F)CCC1c1nc(C)no1. The molecule has 2 aromatic heterocycles. The molecule has 0 saturated carbocycles. The van der Waals surface area contributed by atoms with Crippen molar-refractivity contribution in [2.24, 2.45) is 0 Å². The molecule has 1 aliphatic rings. The minimum Gasteiger partial charge on any atom is -0.337 e. The summed E-state index contributed by atoms with van der Waals surface area (Å²) in [4.78, 5) is 35.6. The van der Waals surface area contributed by atoms with E-state index in [1.807, 2.05) is 0 Å². The van der Waals surface area contributed by atoms with E-state index in [0.29, 0.717) is 37.8 Å². The van der Waals surface area contributed by atoms with E-state index >= 15 is 0 Å². The maximum absolute atomic E-state index is 13.8. The number of rotatable bonds is 2. The summed E-state index contributed by atoms with van der Waals surface area (Å²) in [5, 5.41) is 3.77. The summed E-state index contributed by atoms with van der Waals surface area (Å²) in [6.45, 7) is 4.10. The van der Waals surface area contributed by atoms with E-state index in [2.05, 4.69) is 15.1 Å². The quantitative estimate of drug-likeness (QED) is 0.814. The highest BCUT2D eigenvalue weighted by atomic mass is 19.1. The summed E-state index contributed by atoms with van der Waals surface area (Å²) in [6.07, 6.45) is 2.82. The standard InChI is InChI=1S/C16H18FN5O3/c1-10-19-15(25-20-10)14-4-6-21(7-8-22(14)11(2)23)16(24)12-3-5-18-9-13(12)17/h3,5,9,14H,4,6-8H2,1-2H3. The summed E-state index contributed by atoms with van der Waals surface area (Å²) < 4.78 is 19.1. The van der Waals surface area contributed by atoms with Gasteiger partial charge in [0.25, 0.3) is 5.91 Å². The van der Waals surface area contributed by atoms with E-state index < -0.39 is 17.8 Å². The normalized spacial score (nSPS) is 18.1. The Morgan fingerprint density at radius 3 is 2.76 bits per heavy atom. The van der Waals surface area contributed by atoms with Crippen molar-refractivity contribution in [2.75, 3.05) is 19.6 Å². The number of halogens is 1. The van der Waals surface area contributed by atoms with Crippen molar-refractivity contribution in [3.05, 3.63) is 41.6 Å². The molecule has 2 aromatic rings. The van der Waals surface area contributed by atoms with E-state index in [4.69, 9.17) is 4.52 Å². The molecule has 3 rings (SSSR count). The number of aryl methyl sites for hydroxylation is 1. The second-order valence-electron chi connectivity index (χ2n) is 5.84. The molecule has 0 bridgehead atoms. The molecule has 0 radical (unpaired) electrons. The molecule has 8 nitrogen and oxygen atoms in total. The first-order valence-electron chi connectivity index (χ1n) is 7.93. The van der Waals surface area contributed by atoms with Crippen LogP contribution in [0.5, 0.6) is 0 Å². The molecular weight excluding hydrogens is 329 g/mol. The van der Waals surface area contributed by atoms with Crippen LogP contribution in [0.1, 0.15) is 41.5 Å². The largest absolute Gasteiger partial charge is 0.337 e. The number of carbonyl (C=O) groups is 2. The van der Waals surface area contributed by atoms with Crippen molar-refractivity contribution < 1.29 is 18.5 Å². The van der Waals surface area contributed by atoms with Gasteiger partial charge < -0.3 is 14.3 Å². The summed E-state index contributed by atoms with van der Waals surface area (Å²) in [7, 11) is 0. The number of hydrogen-bond acceptors (Lipinski definition) is 6. The van der Waals surface area contributed by atoms with Crippen molar-refractivity contribution in [2.45, 2.75) is 26.3 Å². The lowest BCUT2D eigenvalue weighted by Gasteiger charge is -2.25. The van der Waals surface area contributed by atoms with Crippen LogP contribution in [0.3, 0.4) is 0 Å². The van der Waals surface area contributed by atoms with Crippen molar-refractivity contribution in [1.29, 1.82) is 0 Å². The second-order valence-corrected chi connectivity index (χ2v) is 5.84. The molecule has 0 aromatic carbocycles. The average Bonchev–Trinajstić information content (AvgIpc) is 2.89. The van der Waals surface area contributed by atoms with E-state index in [1.54, 1.807) is 11.8 Å². The molecule has 1 aliphatic heterocycles. The van der Waals surface area contributed by atoms with Crippen LogP contribution in [0.4, 0.5) is 4.39 Å². The third kappa shape index (κ3) is 3.49. The number of carbonyl (C=O) groups excluding carboxylic acids is 2. The van der Waals surface area contributed by atoms with Crippen LogP contribution >= 0.6 is 0 Å². The minimum atomic E-state index is -0.663. The van der Waals surface area contributed by atoms with Crippen molar-refractivity contribution in [3.63, 3.8) is 0 Å². The van der Waals surface area contributed by atoms with E-state index in [1.165, 1.54) is 24.1 Å². The number of amides is 2. The first-order valence-corrected chi connectivity index (χ1v) is 7.93. The molecule has 1 fully saturated rings. The molecule has 0 aliphatic carbocycles. The number of nitrogens with zero attached hydrogens (tertiary/aromatic N) is 5. The lowest BCUT2D eigenvalue weighted by Crippen LogP contribution is -2.37. The maximum atomic E-state index is 13.8. The van der Waals surface area contributed by atoms with Gasteiger partial charge >= 0.3 is 0 Å². The lowest BCUT2D eigenvalue weighted by molar-refractivity contribution is -0.131. The molecule has 132 valence electrons. The Morgan fingerprint density at radius 2 is 2.12 bits per heavy atom. The Morgan fingerprint density at radius 1 is 1.32 bits per heavy atom. The predicted molar refractivity (Wildman–Crippen MR) is 83.9 cm³/mol. The first kappa shape index (κ1) is 17.0. The number of hydrogen-bond donors (Lipinski definition) is 0. The van der Waals surface area contributed by atoms with E-state index in [-0.39, 0.29) is 11.5 Å². The summed E-state index contributed by atoms with van der Waals surface area (Å²) in [6, 6.07) is 0.947. The summed E-state index contributed by atoms with van der Waals surface area (Å²) in [5.74, 6) is -0.410. The second kappa shape index (κ2) is 6.96. The van der Waals surface area contributed by atoms with Crippen LogP contribution in [0, 0.1) is 12.7 Å². The van der Waals surface area contributed by atoms with Gasteiger partial charge in [0.1, 0.15) is 6.04 Å². The van der Waals surface area contributed by atoms with Gasteiger partial charge in [-0.2, -0.15) is 4.98 Å². The molecule has 1 atom stereocenters. The molecule has 2 amide bonds. The van der Waals surface area contributed by atoms with Gasteiger partial charge in [0.2, 0.25) is 11.8 Å². The maximum Gasteiger partial charge on any atom is 0.257 e. The molecular formula is C16H18FN5O3. The monoisotopic (exact) mass is 347 g/mol. The van der Waals surface area contributed by atoms with Crippen LogP contribution in [0.2, 0.25) is 0 Å². The Bertz CT molecular complexity index is 794. The molecule has 3 heterocycles. The van der Waals surface area contributed by atoms with Gasteiger partial charge in [0, 0.05) is 32.8 Å². The van der Waals surface area contributed by atoms with Crippen LogP contribution in [-0.2, 0) is 4.79 Å². The first-order chi connectivity index (χ1) is 12.0. The van der Waals surface area contributed by atoms with Gasteiger partial charge in [-0.15, -0.1) is 0 Å². The van der Waals surface area contributed by atoms with E-state index in [9.17, 15) is 14.0 Å². The fourth-order valence-electron chi connectivity index (χ4n) is 2.93. The van der Waals surface area contributed by atoms with E-state index in [0.717, 1.165) is 6.20 Å².